The Morgan fingerprint density at radius 3 is 2.90 bits per heavy atom. The fraction of sp³-hybridized carbons (Fsp3) is 0.391. The summed E-state index contributed by atoms with van der Waals surface area (Å²) in [5.41, 5.74) is 8.57. The van der Waals surface area contributed by atoms with Crippen LogP contribution in [0.2, 0.25) is 0 Å². The van der Waals surface area contributed by atoms with E-state index in [-0.39, 0.29) is 17.7 Å². The molecule has 0 aliphatic heterocycles. The van der Waals surface area contributed by atoms with Crippen LogP contribution >= 0.6 is 0 Å². The van der Waals surface area contributed by atoms with E-state index in [9.17, 15) is 9.18 Å². The highest BCUT2D eigenvalue weighted by Gasteiger charge is 2.20. The van der Waals surface area contributed by atoms with Crippen molar-refractivity contribution in [3.8, 4) is 0 Å². The van der Waals surface area contributed by atoms with Crippen LogP contribution in [0.3, 0.4) is 0 Å². The molecule has 1 amide bonds. The van der Waals surface area contributed by atoms with Crippen molar-refractivity contribution in [2.24, 2.45) is 5.92 Å². The standard InChI is InChI=1S/C21H23FN6O.C2H6/c1-2-11-28-17(8-10-25-21(29)13-3-5-14(22)6-4-13)18-15-7-9-24-12-16(15)26-20(23)19(18)27-28;1-2/h3,5-7,9,12-13H,2,4,8,10-11H2,1H3,(H2,23,26)(H,25,29);1-2H3. The fourth-order valence-corrected chi connectivity index (χ4v) is 3.70. The van der Waals surface area contributed by atoms with Crippen LogP contribution in [0.1, 0.15) is 39.3 Å². The van der Waals surface area contributed by atoms with Crippen LogP contribution in [-0.4, -0.2) is 32.2 Å². The van der Waals surface area contributed by atoms with Crippen molar-refractivity contribution >= 4 is 33.5 Å². The minimum atomic E-state index is -0.335. The summed E-state index contributed by atoms with van der Waals surface area (Å²) in [6.07, 6.45) is 9.70. The number of rotatable bonds is 6. The van der Waals surface area contributed by atoms with Crippen LogP contribution < -0.4 is 11.1 Å². The van der Waals surface area contributed by atoms with Gasteiger partial charge in [0, 0.05) is 42.2 Å². The number of halogens is 1. The molecule has 0 saturated carbocycles. The highest BCUT2D eigenvalue weighted by atomic mass is 19.1. The van der Waals surface area contributed by atoms with Gasteiger partial charge < -0.3 is 11.1 Å². The third-order valence-electron chi connectivity index (χ3n) is 5.10. The second-order valence-corrected chi connectivity index (χ2v) is 7.11. The number of nitrogens with one attached hydrogen (secondary N) is 1. The quantitative estimate of drug-likeness (QED) is 0.621. The van der Waals surface area contributed by atoms with Crippen LogP contribution in [0.15, 0.2) is 42.5 Å². The highest BCUT2D eigenvalue weighted by molar-refractivity contribution is 6.09. The molecule has 0 spiro atoms. The van der Waals surface area contributed by atoms with Gasteiger partial charge in [-0.2, -0.15) is 5.10 Å². The smallest absolute Gasteiger partial charge is 0.227 e. The van der Waals surface area contributed by atoms with E-state index in [0.717, 1.165) is 34.9 Å². The lowest BCUT2D eigenvalue weighted by Gasteiger charge is -2.14. The maximum atomic E-state index is 13.1. The first-order valence-electron chi connectivity index (χ1n) is 10.8. The van der Waals surface area contributed by atoms with Crippen molar-refractivity contribution in [2.75, 3.05) is 12.3 Å². The molecule has 0 bridgehead atoms. The molecule has 3 aromatic heterocycles. The number of aromatic nitrogens is 4. The zero-order chi connectivity index (χ0) is 22.4. The van der Waals surface area contributed by atoms with Gasteiger partial charge in [0.05, 0.1) is 17.6 Å². The number of carbonyl (C=O) groups excluding carboxylic acids is 1. The number of anilines is 1. The third kappa shape index (κ3) is 4.73. The van der Waals surface area contributed by atoms with Crippen molar-refractivity contribution < 1.29 is 9.18 Å². The molecule has 0 aromatic carbocycles. The van der Waals surface area contributed by atoms with Gasteiger partial charge in [0.25, 0.3) is 0 Å². The van der Waals surface area contributed by atoms with E-state index in [1.807, 2.05) is 24.6 Å². The predicted octanol–water partition coefficient (Wildman–Crippen LogP) is 4.09. The molecule has 31 heavy (non-hydrogen) atoms. The Morgan fingerprint density at radius 2 is 2.19 bits per heavy atom. The molecule has 1 unspecified atom stereocenters. The summed E-state index contributed by atoms with van der Waals surface area (Å²) < 4.78 is 15.0. The van der Waals surface area contributed by atoms with E-state index in [1.54, 1.807) is 18.5 Å². The number of allylic oxidation sites excluding steroid dienone is 3. The van der Waals surface area contributed by atoms with E-state index in [0.29, 0.717) is 30.7 Å². The number of amides is 1. The normalized spacial score (nSPS) is 15.5. The van der Waals surface area contributed by atoms with Crippen LogP contribution in [0.5, 0.6) is 0 Å². The number of nitrogens with zero attached hydrogens (tertiary/aromatic N) is 4. The maximum absolute atomic E-state index is 13.1. The van der Waals surface area contributed by atoms with Gasteiger partial charge in [-0.25, -0.2) is 9.37 Å². The van der Waals surface area contributed by atoms with Gasteiger partial charge in [-0.1, -0.05) is 26.8 Å². The van der Waals surface area contributed by atoms with Gasteiger partial charge in [0.2, 0.25) is 5.91 Å². The van der Waals surface area contributed by atoms with E-state index in [4.69, 9.17) is 5.73 Å². The lowest BCUT2D eigenvalue weighted by atomic mass is 9.99. The van der Waals surface area contributed by atoms with E-state index >= 15 is 0 Å². The SMILES string of the molecule is CC.CCCn1nc2c(N)nc3cnccc3c2c1CCNC(=O)C1C=CC(F)=CC1. The van der Waals surface area contributed by atoms with Crippen molar-refractivity contribution in [3.63, 3.8) is 0 Å². The number of carbonyl (C=O) groups is 1. The second-order valence-electron chi connectivity index (χ2n) is 7.11. The molecule has 3 heterocycles. The average molecular weight is 425 g/mol. The van der Waals surface area contributed by atoms with E-state index in [1.165, 1.54) is 12.2 Å². The maximum Gasteiger partial charge on any atom is 0.227 e. The monoisotopic (exact) mass is 424 g/mol. The van der Waals surface area contributed by atoms with Crippen molar-refractivity contribution in [1.29, 1.82) is 0 Å². The first-order chi connectivity index (χ1) is 15.1. The summed E-state index contributed by atoms with van der Waals surface area (Å²) in [7, 11) is 0. The van der Waals surface area contributed by atoms with Crippen molar-refractivity contribution in [3.05, 3.63) is 48.2 Å². The molecule has 7 nitrogen and oxygen atoms in total. The Bertz CT molecular complexity index is 1130. The van der Waals surface area contributed by atoms with E-state index < -0.39 is 0 Å². The predicted molar refractivity (Wildman–Crippen MR) is 122 cm³/mol. The minimum Gasteiger partial charge on any atom is -0.382 e. The zero-order valence-electron chi connectivity index (χ0n) is 18.2. The van der Waals surface area contributed by atoms with E-state index in [2.05, 4.69) is 27.3 Å². The molecule has 1 aliphatic carbocycles. The summed E-state index contributed by atoms with van der Waals surface area (Å²) in [6, 6.07) is 1.91. The number of pyridine rings is 2. The Balaban J connectivity index is 0.00000132. The molecule has 164 valence electrons. The molecular formula is C23H29FN6O. The molecular weight excluding hydrogens is 395 g/mol. The van der Waals surface area contributed by atoms with Gasteiger partial charge in [-0.15, -0.1) is 0 Å². The summed E-state index contributed by atoms with van der Waals surface area (Å²) >= 11 is 0. The first-order valence-corrected chi connectivity index (χ1v) is 10.8. The Kier molecular flexibility index (Phi) is 7.33. The number of hydrogen-bond acceptors (Lipinski definition) is 5. The molecule has 4 rings (SSSR count). The first kappa shape index (κ1) is 22.4. The topological polar surface area (TPSA) is 98.7 Å². The number of fused-ring (bicyclic) bond motifs is 3. The summed E-state index contributed by atoms with van der Waals surface area (Å²) in [5, 5.41) is 9.55. The van der Waals surface area contributed by atoms with Crippen molar-refractivity contribution in [1.82, 2.24) is 25.1 Å². The van der Waals surface area contributed by atoms with Crippen LogP contribution in [0.25, 0.3) is 21.8 Å². The number of nitrogens with two attached hydrogens (primary N) is 1. The largest absolute Gasteiger partial charge is 0.382 e. The molecule has 0 saturated heterocycles. The molecule has 8 heteroatoms. The summed E-state index contributed by atoms with van der Waals surface area (Å²) in [5.74, 6) is -0.358. The molecule has 3 aromatic rings. The lowest BCUT2D eigenvalue weighted by molar-refractivity contribution is -0.123. The van der Waals surface area contributed by atoms with Gasteiger partial charge in [-0.3, -0.25) is 14.5 Å². The number of aryl methyl sites for hydroxylation is 1. The van der Waals surface area contributed by atoms with Crippen LogP contribution in [0.4, 0.5) is 10.2 Å². The minimum absolute atomic E-state index is 0.105. The average Bonchev–Trinajstić information content (AvgIpc) is 3.15. The summed E-state index contributed by atoms with van der Waals surface area (Å²) in [4.78, 5) is 21.0. The third-order valence-corrected chi connectivity index (χ3v) is 5.10. The molecule has 3 N–H and O–H groups in total. The molecule has 0 radical (unpaired) electrons. The highest BCUT2D eigenvalue weighted by Crippen LogP contribution is 2.30. The lowest BCUT2D eigenvalue weighted by Crippen LogP contribution is -2.32. The van der Waals surface area contributed by atoms with Gasteiger partial charge in [0.1, 0.15) is 11.3 Å². The Morgan fingerprint density at radius 1 is 1.39 bits per heavy atom. The zero-order valence-corrected chi connectivity index (χ0v) is 18.2. The van der Waals surface area contributed by atoms with Crippen LogP contribution in [-0.2, 0) is 17.8 Å². The summed E-state index contributed by atoms with van der Waals surface area (Å²) in [6.45, 7) is 7.29. The molecule has 1 atom stereocenters. The molecule has 1 aliphatic rings. The Labute approximate surface area is 181 Å². The van der Waals surface area contributed by atoms with Gasteiger partial charge in [0.15, 0.2) is 5.82 Å². The van der Waals surface area contributed by atoms with Gasteiger partial charge >= 0.3 is 0 Å². The van der Waals surface area contributed by atoms with Crippen molar-refractivity contribution in [2.45, 2.75) is 46.6 Å². The molecule has 0 fully saturated rings. The van der Waals surface area contributed by atoms with Crippen LogP contribution in [0, 0.1) is 5.92 Å². The second kappa shape index (κ2) is 10.1. The Hall–Kier alpha value is -3.29. The number of hydrogen-bond donors (Lipinski definition) is 2. The number of nitrogen functional groups attached to an aromatic ring is 1. The fourth-order valence-electron chi connectivity index (χ4n) is 3.70. The van der Waals surface area contributed by atoms with Gasteiger partial charge in [-0.05, 0) is 31.1 Å².